The van der Waals surface area contributed by atoms with Crippen LogP contribution in [0.1, 0.15) is 5.56 Å². The summed E-state index contributed by atoms with van der Waals surface area (Å²) in [5, 5.41) is 3.78. The lowest BCUT2D eigenvalue weighted by Crippen LogP contribution is -2.36. The molecular formula is C12H11Cl3N2O. The maximum atomic E-state index is 6.47. The lowest BCUT2D eigenvalue weighted by molar-refractivity contribution is 0.414. The number of rotatable bonds is 2. The molecule has 6 heteroatoms. The van der Waals surface area contributed by atoms with Gasteiger partial charge in [-0.1, -0.05) is 40.9 Å². The first kappa shape index (κ1) is 13.4. The molecule has 1 aromatic carbocycles. The molecule has 1 aliphatic rings. The van der Waals surface area contributed by atoms with E-state index < -0.39 is 5.00 Å². The Balaban J connectivity index is 2.43. The molecule has 0 saturated heterocycles. The van der Waals surface area contributed by atoms with E-state index in [1.54, 1.807) is 37.5 Å². The Morgan fingerprint density at radius 2 is 2.06 bits per heavy atom. The van der Waals surface area contributed by atoms with E-state index in [1.807, 2.05) is 0 Å². The van der Waals surface area contributed by atoms with E-state index in [-0.39, 0.29) is 0 Å². The van der Waals surface area contributed by atoms with Gasteiger partial charge < -0.3 is 15.8 Å². The van der Waals surface area contributed by atoms with Crippen molar-refractivity contribution in [2.24, 2.45) is 5.73 Å². The van der Waals surface area contributed by atoms with Crippen LogP contribution in [0, 0.1) is 0 Å². The Kier molecular flexibility index (Phi) is 3.66. The Bertz CT molecular complexity index is 542. The quantitative estimate of drug-likeness (QED) is 0.651. The molecule has 0 saturated carbocycles. The first-order chi connectivity index (χ1) is 8.44. The van der Waals surface area contributed by atoms with Gasteiger partial charge in [0.25, 0.3) is 0 Å². The van der Waals surface area contributed by atoms with Gasteiger partial charge in [-0.2, -0.15) is 0 Å². The highest BCUT2D eigenvalue weighted by Crippen LogP contribution is 2.36. The summed E-state index contributed by atoms with van der Waals surface area (Å²) in [6, 6.07) is 5.24. The average Bonchev–Trinajstić information content (AvgIpc) is 2.27. The highest BCUT2D eigenvalue weighted by atomic mass is 35.5. The van der Waals surface area contributed by atoms with Crippen LogP contribution in [0.25, 0.3) is 0 Å². The second-order valence-corrected chi connectivity index (χ2v) is 5.23. The number of hydrogen-bond donors (Lipinski definition) is 2. The molecule has 0 aliphatic carbocycles. The van der Waals surface area contributed by atoms with Crippen molar-refractivity contribution >= 4 is 34.8 Å². The van der Waals surface area contributed by atoms with Gasteiger partial charge in [-0.3, -0.25) is 0 Å². The van der Waals surface area contributed by atoms with Crippen molar-refractivity contribution in [1.82, 2.24) is 5.32 Å². The number of allylic oxidation sites excluding steroid dienone is 1. The summed E-state index contributed by atoms with van der Waals surface area (Å²) in [5.41, 5.74) is 6.96. The van der Waals surface area contributed by atoms with E-state index >= 15 is 0 Å². The Morgan fingerprint density at radius 3 is 2.61 bits per heavy atom. The van der Waals surface area contributed by atoms with Crippen molar-refractivity contribution < 1.29 is 4.74 Å². The molecule has 96 valence electrons. The minimum atomic E-state index is -1.01. The molecule has 1 aliphatic heterocycles. The third-order valence-corrected chi connectivity index (χ3v) is 3.45. The molecule has 0 radical (unpaired) electrons. The minimum absolute atomic E-state index is 0.372. The number of ether oxygens (including phenoxy) is 1. The molecule has 0 amide bonds. The van der Waals surface area contributed by atoms with Crippen LogP contribution in [0.4, 0.5) is 0 Å². The number of benzene rings is 1. The van der Waals surface area contributed by atoms with Crippen LogP contribution in [0.3, 0.4) is 0 Å². The third-order valence-electron chi connectivity index (χ3n) is 2.53. The molecule has 3 nitrogen and oxygen atoms in total. The van der Waals surface area contributed by atoms with Gasteiger partial charge >= 0.3 is 0 Å². The molecule has 0 fully saturated rings. The Morgan fingerprint density at radius 1 is 1.33 bits per heavy atom. The van der Waals surface area contributed by atoms with Gasteiger partial charge in [-0.05, 0) is 29.8 Å². The monoisotopic (exact) mass is 304 g/mol. The van der Waals surface area contributed by atoms with Crippen LogP contribution in [0.2, 0.25) is 5.02 Å². The van der Waals surface area contributed by atoms with Crippen molar-refractivity contribution in [2.45, 2.75) is 5.00 Å². The summed E-state index contributed by atoms with van der Waals surface area (Å²) in [4.78, 5) is -1.01. The van der Waals surface area contributed by atoms with Crippen molar-refractivity contribution in [2.75, 3.05) is 7.11 Å². The molecule has 0 aromatic heterocycles. The first-order valence-electron chi connectivity index (χ1n) is 5.11. The summed E-state index contributed by atoms with van der Waals surface area (Å²) in [5.74, 6) is 0.579. The molecule has 3 N–H and O–H groups in total. The van der Waals surface area contributed by atoms with E-state index in [0.29, 0.717) is 21.6 Å². The average molecular weight is 306 g/mol. The fourth-order valence-electron chi connectivity index (χ4n) is 1.71. The smallest absolute Gasteiger partial charge is 0.160 e. The molecule has 0 spiro atoms. The lowest BCUT2D eigenvalue weighted by Gasteiger charge is -2.29. The first-order valence-corrected chi connectivity index (χ1v) is 6.24. The number of nitrogens with two attached hydrogens (primary N) is 1. The topological polar surface area (TPSA) is 47.3 Å². The van der Waals surface area contributed by atoms with Crippen molar-refractivity contribution in [1.29, 1.82) is 0 Å². The highest BCUT2D eigenvalue weighted by Gasteiger charge is 2.30. The van der Waals surface area contributed by atoms with Crippen LogP contribution in [-0.4, -0.2) is 7.11 Å². The van der Waals surface area contributed by atoms with Crippen molar-refractivity contribution in [3.8, 4) is 5.75 Å². The van der Waals surface area contributed by atoms with Crippen LogP contribution >= 0.6 is 34.8 Å². The van der Waals surface area contributed by atoms with E-state index in [1.165, 1.54) is 0 Å². The molecule has 18 heavy (non-hydrogen) atoms. The van der Waals surface area contributed by atoms with E-state index in [9.17, 15) is 0 Å². The summed E-state index contributed by atoms with van der Waals surface area (Å²) >= 11 is 18.5. The van der Waals surface area contributed by atoms with Gasteiger partial charge in [-0.25, -0.2) is 0 Å². The number of hydrogen-bond acceptors (Lipinski definition) is 3. The van der Waals surface area contributed by atoms with Gasteiger partial charge in [0.15, 0.2) is 5.00 Å². The molecular weight excluding hydrogens is 295 g/mol. The Hall–Kier alpha value is -1.03. The fraction of sp³-hybridized carbons (Fsp3) is 0.167. The molecule has 1 heterocycles. The zero-order chi connectivity index (χ0) is 13.3. The second kappa shape index (κ2) is 4.92. The highest BCUT2D eigenvalue weighted by molar-refractivity contribution is 6.33. The zero-order valence-electron chi connectivity index (χ0n) is 9.51. The predicted molar refractivity (Wildman–Crippen MR) is 74.9 cm³/mol. The molecule has 1 unspecified atom stereocenters. The number of dihydropyridines is 1. The summed E-state index contributed by atoms with van der Waals surface area (Å²) in [6.45, 7) is 0. The zero-order valence-corrected chi connectivity index (χ0v) is 11.8. The summed E-state index contributed by atoms with van der Waals surface area (Å²) in [6.07, 6.45) is 3.26. The van der Waals surface area contributed by atoms with E-state index in [0.717, 1.165) is 5.56 Å². The molecule has 1 aromatic rings. The molecule has 2 rings (SSSR count). The van der Waals surface area contributed by atoms with Crippen molar-refractivity contribution in [3.63, 3.8) is 0 Å². The SMILES string of the molecule is COc1ccc(C2(Cl)C=C(N)C=C(Cl)N2)cc1Cl. The Labute approximate surface area is 120 Å². The van der Waals surface area contributed by atoms with Crippen LogP contribution in [-0.2, 0) is 5.00 Å². The predicted octanol–water partition coefficient (Wildman–Crippen LogP) is 3.27. The maximum Gasteiger partial charge on any atom is 0.160 e. The third kappa shape index (κ3) is 2.53. The van der Waals surface area contributed by atoms with Gasteiger partial charge in [0, 0.05) is 5.70 Å². The van der Waals surface area contributed by atoms with Gasteiger partial charge in [0.05, 0.1) is 12.1 Å². The largest absolute Gasteiger partial charge is 0.495 e. The van der Waals surface area contributed by atoms with Gasteiger partial charge in [0.2, 0.25) is 0 Å². The minimum Gasteiger partial charge on any atom is -0.495 e. The number of nitrogens with one attached hydrogen (secondary N) is 1. The number of methoxy groups -OCH3 is 1. The molecule has 1 atom stereocenters. The van der Waals surface area contributed by atoms with Gasteiger partial charge in [-0.15, -0.1) is 0 Å². The van der Waals surface area contributed by atoms with E-state index in [4.69, 9.17) is 45.3 Å². The van der Waals surface area contributed by atoms with Crippen molar-refractivity contribution in [3.05, 3.63) is 51.8 Å². The number of halogens is 3. The van der Waals surface area contributed by atoms with Crippen LogP contribution in [0.5, 0.6) is 5.75 Å². The van der Waals surface area contributed by atoms with Gasteiger partial charge in [0.1, 0.15) is 10.9 Å². The van der Waals surface area contributed by atoms with Crippen LogP contribution < -0.4 is 15.8 Å². The summed E-state index contributed by atoms with van der Waals surface area (Å²) in [7, 11) is 1.55. The second-order valence-electron chi connectivity index (χ2n) is 3.82. The summed E-state index contributed by atoms with van der Waals surface area (Å²) < 4.78 is 5.09. The lowest BCUT2D eigenvalue weighted by atomic mass is 10.0. The normalized spacial score (nSPS) is 22.9. The number of alkyl halides is 1. The fourth-order valence-corrected chi connectivity index (χ4v) is 2.64. The van der Waals surface area contributed by atoms with E-state index in [2.05, 4.69) is 5.32 Å². The standard InChI is InChI=1S/C12H11Cl3N2O/c1-18-10-3-2-7(4-9(10)13)12(15)6-8(16)5-11(14)17-12/h2-6,17H,16H2,1H3. The molecule has 0 bridgehead atoms. The maximum absolute atomic E-state index is 6.47. The van der Waals surface area contributed by atoms with Crippen LogP contribution in [0.15, 0.2) is 41.2 Å².